The molecular formula is C17H15ClN2O5. The van der Waals surface area contributed by atoms with Gasteiger partial charge < -0.3 is 10.4 Å². The molecule has 0 fully saturated rings. The van der Waals surface area contributed by atoms with Gasteiger partial charge in [-0.2, -0.15) is 0 Å². The van der Waals surface area contributed by atoms with Crippen molar-refractivity contribution in [2.24, 2.45) is 0 Å². The van der Waals surface area contributed by atoms with Crippen molar-refractivity contribution in [1.82, 2.24) is 0 Å². The molecule has 0 aliphatic carbocycles. The Labute approximate surface area is 148 Å². The summed E-state index contributed by atoms with van der Waals surface area (Å²) in [7, 11) is 0. The van der Waals surface area contributed by atoms with Crippen LogP contribution in [0, 0.1) is 10.1 Å². The number of nitro groups is 1. The summed E-state index contributed by atoms with van der Waals surface area (Å²) in [6, 6.07) is 10.8. The smallest absolute Gasteiger partial charge is 0.303 e. The maximum absolute atomic E-state index is 12.2. The van der Waals surface area contributed by atoms with Gasteiger partial charge in [0.15, 0.2) is 0 Å². The molecule has 0 aliphatic rings. The summed E-state index contributed by atoms with van der Waals surface area (Å²) in [5, 5.41) is 22.1. The summed E-state index contributed by atoms with van der Waals surface area (Å²) >= 11 is 5.72. The van der Waals surface area contributed by atoms with Gasteiger partial charge in [-0.25, -0.2) is 0 Å². The first-order valence-corrected chi connectivity index (χ1v) is 7.80. The number of carboxylic acids is 1. The Morgan fingerprint density at radius 3 is 2.44 bits per heavy atom. The molecule has 2 aromatic carbocycles. The average Bonchev–Trinajstić information content (AvgIpc) is 2.56. The van der Waals surface area contributed by atoms with Crippen molar-refractivity contribution >= 4 is 34.9 Å². The van der Waals surface area contributed by atoms with Crippen molar-refractivity contribution in [2.75, 3.05) is 5.32 Å². The molecule has 1 amide bonds. The number of aliphatic carboxylic acids is 1. The molecule has 0 aliphatic heterocycles. The second-order valence-electron chi connectivity index (χ2n) is 5.32. The van der Waals surface area contributed by atoms with Gasteiger partial charge >= 0.3 is 5.97 Å². The number of amides is 1. The molecule has 0 aromatic heterocycles. The number of benzene rings is 2. The third kappa shape index (κ3) is 5.29. The predicted molar refractivity (Wildman–Crippen MR) is 93.1 cm³/mol. The van der Waals surface area contributed by atoms with Crippen LogP contribution in [0.3, 0.4) is 0 Å². The Morgan fingerprint density at radius 2 is 1.84 bits per heavy atom. The minimum atomic E-state index is -0.832. The maximum Gasteiger partial charge on any atom is 0.303 e. The number of hydrogen-bond donors (Lipinski definition) is 2. The number of halogens is 1. The van der Waals surface area contributed by atoms with Gasteiger partial charge in [0.25, 0.3) is 11.6 Å². The SMILES string of the molecule is O=C(O)CCCc1ccc(NC(=O)c2ccc(Cl)c([N+](=O)[O-])c2)cc1. The molecule has 7 nitrogen and oxygen atoms in total. The van der Waals surface area contributed by atoms with Gasteiger partial charge in [-0.3, -0.25) is 19.7 Å². The molecule has 0 bridgehead atoms. The highest BCUT2D eigenvalue weighted by molar-refractivity contribution is 6.32. The van der Waals surface area contributed by atoms with Crippen molar-refractivity contribution in [3.63, 3.8) is 0 Å². The molecule has 0 spiro atoms. The molecule has 2 rings (SSSR count). The lowest BCUT2D eigenvalue weighted by atomic mass is 10.1. The molecule has 0 unspecified atom stereocenters. The van der Waals surface area contributed by atoms with Gasteiger partial charge in [0, 0.05) is 23.7 Å². The van der Waals surface area contributed by atoms with Crippen molar-refractivity contribution in [1.29, 1.82) is 0 Å². The molecule has 0 heterocycles. The van der Waals surface area contributed by atoms with Crippen LogP contribution in [-0.2, 0) is 11.2 Å². The van der Waals surface area contributed by atoms with E-state index in [4.69, 9.17) is 16.7 Å². The molecule has 2 aromatic rings. The number of carboxylic acid groups (broad SMARTS) is 1. The van der Waals surface area contributed by atoms with Crippen LogP contribution >= 0.6 is 11.6 Å². The number of rotatable bonds is 7. The van der Waals surface area contributed by atoms with E-state index in [9.17, 15) is 19.7 Å². The molecule has 0 radical (unpaired) electrons. The quantitative estimate of drug-likeness (QED) is 0.573. The first-order valence-electron chi connectivity index (χ1n) is 7.43. The Kier molecular flexibility index (Phi) is 6.08. The Hall–Kier alpha value is -2.93. The van der Waals surface area contributed by atoms with Gasteiger partial charge in [0.1, 0.15) is 5.02 Å². The van der Waals surface area contributed by atoms with Crippen molar-refractivity contribution in [3.05, 3.63) is 68.7 Å². The standard InChI is InChI=1S/C17H15ClN2O5/c18-14-9-6-12(10-15(14)20(24)25)17(23)19-13-7-4-11(5-8-13)2-1-3-16(21)22/h4-10H,1-3H2,(H,19,23)(H,21,22). The summed E-state index contributed by atoms with van der Waals surface area (Å²) in [6.07, 6.45) is 1.27. The summed E-state index contributed by atoms with van der Waals surface area (Å²) < 4.78 is 0. The zero-order chi connectivity index (χ0) is 18.4. The molecule has 2 N–H and O–H groups in total. The van der Waals surface area contributed by atoms with Crippen LogP contribution in [0.2, 0.25) is 5.02 Å². The fraction of sp³-hybridized carbons (Fsp3) is 0.176. The van der Waals surface area contributed by atoms with E-state index in [1.807, 2.05) is 0 Å². The van der Waals surface area contributed by atoms with Crippen LogP contribution < -0.4 is 5.32 Å². The summed E-state index contributed by atoms with van der Waals surface area (Å²) in [4.78, 5) is 32.9. The number of aryl methyl sites for hydroxylation is 1. The highest BCUT2D eigenvalue weighted by Crippen LogP contribution is 2.25. The van der Waals surface area contributed by atoms with Crippen molar-refractivity contribution in [2.45, 2.75) is 19.3 Å². The van der Waals surface area contributed by atoms with Crippen LogP contribution in [0.5, 0.6) is 0 Å². The van der Waals surface area contributed by atoms with E-state index in [1.165, 1.54) is 12.1 Å². The summed E-state index contributed by atoms with van der Waals surface area (Å²) in [6.45, 7) is 0. The minimum absolute atomic E-state index is 0.0349. The molecule has 0 atom stereocenters. The van der Waals surface area contributed by atoms with Gasteiger partial charge in [-0.05, 0) is 42.7 Å². The Bertz CT molecular complexity index is 805. The third-order valence-corrected chi connectivity index (χ3v) is 3.79. The highest BCUT2D eigenvalue weighted by atomic mass is 35.5. The number of hydrogen-bond acceptors (Lipinski definition) is 4. The van der Waals surface area contributed by atoms with Crippen LogP contribution in [0.25, 0.3) is 0 Å². The Balaban J connectivity index is 2.02. The average molecular weight is 363 g/mol. The lowest BCUT2D eigenvalue weighted by Crippen LogP contribution is -2.12. The number of anilines is 1. The van der Waals surface area contributed by atoms with E-state index < -0.39 is 16.8 Å². The van der Waals surface area contributed by atoms with Crippen LogP contribution in [0.4, 0.5) is 11.4 Å². The van der Waals surface area contributed by atoms with E-state index in [-0.39, 0.29) is 22.7 Å². The Morgan fingerprint density at radius 1 is 1.16 bits per heavy atom. The zero-order valence-electron chi connectivity index (χ0n) is 13.1. The zero-order valence-corrected chi connectivity index (χ0v) is 13.8. The van der Waals surface area contributed by atoms with E-state index in [2.05, 4.69) is 5.32 Å². The first-order chi connectivity index (χ1) is 11.9. The van der Waals surface area contributed by atoms with Crippen LogP contribution in [0.1, 0.15) is 28.8 Å². The lowest BCUT2D eigenvalue weighted by Gasteiger charge is -2.07. The lowest BCUT2D eigenvalue weighted by molar-refractivity contribution is -0.384. The number of carbonyl (C=O) groups is 2. The van der Waals surface area contributed by atoms with Gasteiger partial charge in [0.05, 0.1) is 4.92 Å². The number of nitrogens with one attached hydrogen (secondary N) is 1. The highest BCUT2D eigenvalue weighted by Gasteiger charge is 2.16. The van der Waals surface area contributed by atoms with E-state index in [1.54, 1.807) is 24.3 Å². The number of nitrogens with zero attached hydrogens (tertiary/aromatic N) is 1. The van der Waals surface area contributed by atoms with Crippen molar-refractivity contribution in [3.8, 4) is 0 Å². The second kappa shape index (κ2) is 8.25. The van der Waals surface area contributed by atoms with Crippen molar-refractivity contribution < 1.29 is 19.6 Å². The monoisotopic (exact) mass is 362 g/mol. The van der Waals surface area contributed by atoms with E-state index >= 15 is 0 Å². The summed E-state index contributed by atoms with van der Waals surface area (Å²) in [5.74, 6) is -1.32. The topological polar surface area (TPSA) is 110 Å². The van der Waals surface area contributed by atoms with Gasteiger partial charge in [-0.15, -0.1) is 0 Å². The van der Waals surface area contributed by atoms with Crippen LogP contribution in [0.15, 0.2) is 42.5 Å². The number of nitro benzene ring substituents is 1. The second-order valence-corrected chi connectivity index (χ2v) is 5.73. The fourth-order valence-electron chi connectivity index (χ4n) is 2.20. The molecule has 8 heteroatoms. The van der Waals surface area contributed by atoms with Crippen LogP contribution in [-0.4, -0.2) is 21.9 Å². The molecule has 0 saturated carbocycles. The molecule has 25 heavy (non-hydrogen) atoms. The predicted octanol–water partition coefficient (Wildman–Crippen LogP) is 3.91. The van der Waals surface area contributed by atoms with E-state index in [0.717, 1.165) is 11.6 Å². The van der Waals surface area contributed by atoms with Gasteiger partial charge in [-0.1, -0.05) is 23.7 Å². The number of carbonyl (C=O) groups excluding carboxylic acids is 1. The fourth-order valence-corrected chi connectivity index (χ4v) is 2.38. The first kappa shape index (κ1) is 18.4. The largest absolute Gasteiger partial charge is 0.481 e. The molecule has 0 saturated heterocycles. The maximum atomic E-state index is 12.2. The third-order valence-electron chi connectivity index (χ3n) is 3.47. The molecule has 130 valence electrons. The molecular weight excluding hydrogens is 348 g/mol. The normalized spacial score (nSPS) is 10.3. The minimum Gasteiger partial charge on any atom is -0.481 e. The summed E-state index contributed by atoms with van der Waals surface area (Å²) in [5.41, 5.74) is 1.29. The van der Waals surface area contributed by atoms with Gasteiger partial charge in [0.2, 0.25) is 0 Å². The van der Waals surface area contributed by atoms with E-state index in [0.29, 0.717) is 18.5 Å².